The number of para-hydroxylation sites is 6. The van der Waals surface area contributed by atoms with E-state index in [1.54, 1.807) is 0 Å². The number of aryl methyl sites for hydroxylation is 1. The third-order valence-electron chi connectivity index (χ3n) is 15.1. The SMILES string of the molecule is Cc1cc(-n2c3[c-]c(Oc4[c-]c(N5[CH-]N(C)c6cccc(-c7ccccc7)c65)ccc4)ccc3c3ccccc32)ncc1-c1c(-n2c3ccccc3c3ccccc32)cccc1-n1c2ccccc2c2ccccc21.[Pt]. The largest absolute Gasteiger partial charge is 0.509 e. The maximum absolute atomic E-state index is 6.72. The smallest absolute Gasteiger partial charge is 0.135 e. The summed E-state index contributed by atoms with van der Waals surface area (Å²) in [5, 5.41) is 7.02. The van der Waals surface area contributed by atoms with Crippen molar-refractivity contribution in [2.45, 2.75) is 6.92 Å². The van der Waals surface area contributed by atoms with Crippen LogP contribution in [0.1, 0.15) is 5.56 Å². The van der Waals surface area contributed by atoms with Gasteiger partial charge in [0.2, 0.25) is 0 Å². The average molecular weight is 1160 g/mol. The molecule has 0 bridgehead atoms. The van der Waals surface area contributed by atoms with Crippen LogP contribution in [-0.4, -0.2) is 25.7 Å². The summed E-state index contributed by atoms with van der Waals surface area (Å²) >= 11 is 0. The van der Waals surface area contributed by atoms with Crippen molar-refractivity contribution in [1.82, 2.24) is 18.7 Å². The molecule has 1 aliphatic heterocycles. The molecule has 5 heterocycles. The van der Waals surface area contributed by atoms with E-state index in [0.717, 1.165) is 106 Å². The van der Waals surface area contributed by atoms with Crippen molar-refractivity contribution >= 4 is 82.5 Å². The van der Waals surface area contributed by atoms with Gasteiger partial charge in [0.25, 0.3) is 0 Å². The van der Waals surface area contributed by atoms with Crippen molar-refractivity contribution in [2.75, 3.05) is 16.8 Å². The first-order chi connectivity index (χ1) is 37.1. The Morgan fingerprint density at radius 2 is 0.947 bits per heavy atom. The number of aromatic nitrogens is 4. The molecule has 0 spiro atoms. The molecule has 0 fully saturated rings. The van der Waals surface area contributed by atoms with Crippen LogP contribution in [0.2, 0.25) is 0 Å². The first kappa shape index (κ1) is 45.5. The Hall–Kier alpha value is -9.16. The van der Waals surface area contributed by atoms with Gasteiger partial charge >= 0.3 is 0 Å². The number of ether oxygens (including phenoxy) is 1. The van der Waals surface area contributed by atoms with Gasteiger partial charge in [0, 0.05) is 93.9 Å². The van der Waals surface area contributed by atoms with Crippen LogP contribution in [0.15, 0.2) is 231 Å². The Bertz CT molecular complexity index is 4370. The summed E-state index contributed by atoms with van der Waals surface area (Å²) in [7, 11) is 2.08. The molecule has 14 aromatic rings. The fraction of sp³-hybridized carbons (Fsp3) is 0.0294. The van der Waals surface area contributed by atoms with Crippen molar-refractivity contribution in [3.8, 4) is 50.9 Å². The standard InChI is InChI=1S/C68H45N6O.Pt/c1-44-39-66(69-42-56(44)67-62(72-57-29-11-6-23-50(57)51-24-7-12-30-58(51)72)34-18-35-63(67)73-59-31-13-8-25-52(59)53-26-9-14-32-60(53)73)74-61-33-15-10-27-54(61)55-38-37-48(41-65(55)74)75-47-22-16-21-46(40-47)71-43-70(2)64-36-17-28-49(68(64)71)45-19-4-3-5-20-45;/h3-39,42-43H,1-2H3;/q-3;. The third-order valence-corrected chi connectivity index (χ3v) is 15.1. The molecule has 0 aliphatic carbocycles. The molecule has 76 heavy (non-hydrogen) atoms. The van der Waals surface area contributed by atoms with E-state index in [4.69, 9.17) is 9.72 Å². The maximum atomic E-state index is 6.72. The quantitative estimate of drug-likeness (QED) is 0.142. The van der Waals surface area contributed by atoms with Gasteiger partial charge in [-0.05, 0) is 85.1 Å². The monoisotopic (exact) mass is 1160 g/mol. The normalized spacial score (nSPS) is 12.4. The molecule has 0 N–H and O–H groups in total. The van der Waals surface area contributed by atoms with Gasteiger partial charge in [-0.1, -0.05) is 145 Å². The van der Waals surface area contributed by atoms with Crippen molar-refractivity contribution in [3.05, 3.63) is 255 Å². The number of pyridine rings is 1. The second-order valence-corrected chi connectivity index (χ2v) is 19.3. The van der Waals surface area contributed by atoms with Crippen LogP contribution in [0.3, 0.4) is 0 Å². The van der Waals surface area contributed by atoms with Crippen molar-refractivity contribution in [1.29, 1.82) is 0 Å². The molecule has 1 aliphatic rings. The van der Waals surface area contributed by atoms with Gasteiger partial charge in [-0.3, -0.25) is 0 Å². The number of rotatable bonds is 8. The summed E-state index contributed by atoms with van der Waals surface area (Å²) < 4.78 is 13.8. The third kappa shape index (κ3) is 7.03. The Morgan fingerprint density at radius 1 is 0.447 bits per heavy atom. The zero-order chi connectivity index (χ0) is 49.7. The van der Waals surface area contributed by atoms with E-state index in [9.17, 15) is 0 Å². The van der Waals surface area contributed by atoms with Gasteiger partial charge in [0.15, 0.2) is 0 Å². The van der Waals surface area contributed by atoms with Crippen LogP contribution in [0, 0.1) is 25.7 Å². The second kappa shape index (κ2) is 18.0. The molecule has 0 atom stereocenters. The van der Waals surface area contributed by atoms with E-state index in [2.05, 4.69) is 269 Å². The van der Waals surface area contributed by atoms with Crippen LogP contribution < -0.4 is 14.5 Å². The van der Waals surface area contributed by atoms with E-state index in [1.165, 1.54) is 21.5 Å². The van der Waals surface area contributed by atoms with Crippen LogP contribution in [-0.2, 0) is 21.1 Å². The first-order valence-corrected chi connectivity index (χ1v) is 25.3. The average Bonchev–Trinajstić information content (AvgIpc) is 4.28. The van der Waals surface area contributed by atoms with Gasteiger partial charge < -0.3 is 28.2 Å². The molecule has 7 nitrogen and oxygen atoms in total. The van der Waals surface area contributed by atoms with E-state index >= 15 is 0 Å². The number of hydrogen-bond donors (Lipinski definition) is 0. The van der Waals surface area contributed by atoms with Gasteiger partial charge in [0.05, 0.1) is 33.4 Å². The van der Waals surface area contributed by atoms with Gasteiger partial charge in [-0.25, -0.2) is 4.98 Å². The van der Waals surface area contributed by atoms with Crippen LogP contribution in [0.5, 0.6) is 11.5 Å². The fourth-order valence-corrected chi connectivity index (χ4v) is 11.8. The molecule has 0 unspecified atom stereocenters. The summed E-state index contributed by atoms with van der Waals surface area (Å²) in [5.41, 5.74) is 17.3. The zero-order valence-electron chi connectivity index (χ0n) is 41.4. The summed E-state index contributed by atoms with van der Waals surface area (Å²) in [4.78, 5) is 9.79. The molecule has 15 rings (SSSR count). The fourth-order valence-electron chi connectivity index (χ4n) is 11.8. The first-order valence-electron chi connectivity index (χ1n) is 25.3. The number of nitrogens with zero attached hydrogens (tertiary/aromatic N) is 6. The van der Waals surface area contributed by atoms with Crippen molar-refractivity contribution in [2.24, 2.45) is 0 Å². The molecule has 366 valence electrons. The minimum Gasteiger partial charge on any atom is -0.509 e. The number of fused-ring (bicyclic) bond motifs is 10. The van der Waals surface area contributed by atoms with Gasteiger partial charge in [0.1, 0.15) is 5.82 Å². The summed E-state index contributed by atoms with van der Waals surface area (Å²) in [5.74, 6) is 1.96. The summed E-state index contributed by atoms with van der Waals surface area (Å²) in [6, 6.07) is 86.9. The van der Waals surface area contributed by atoms with E-state index < -0.39 is 0 Å². The molecule has 0 radical (unpaired) electrons. The molecular weight excluding hydrogens is 1110 g/mol. The van der Waals surface area contributed by atoms with Crippen molar-refractivity contribution in [3.63, 3.8) is 0 Å². The van der Waals surface area contributed by atoms with Crippen LogP contribution >= 0.6 is 0 Å². The Kier molecular flexibility index (Phi) is 10.8. The molecule has 8 heteroatoms. The Labute approximate surface area is 454 Å². The number of hydrogen-bond acceptors (Lipinski definition) is 4. The molecule has 0 saturated carbocycles. The molecule has 0 amide bonds. The summed E-state index contributed by atoms with van der Waals surface area (Å²) in [6.07, 6.45) is 2.07. The number of anilines is 3. The predicted octanol–water partition coefficient (Wildman–Crippen LogP) is 17.1. The van der Waals surface area contributed by atoms with Crippen LogP contribution in [0.4, 0.5) is 17.1 Å². The maximum Gasteiger partial charge on any atom is 0.135 e. The Morgan fingerprint density at radius 3 is 1.54 bits per heavy atom. The Balaban J connectivity index is 0.00000528. The van der Waals surface area contributed by atoms with E-state index in [1.807, 2.05) is 18.2 Å². The number of benzene rings is 10. The predicted molar refractivity (Wildman–Crippen MR) is 308 cm³/mol. The topological polar surface area (TPSA) is 43.4 Å². The van der Waals surface area contributed by atoms with Crippen molar-refractivity contribution < 1.29 is 25.8 Å². The molecular formula is C68H45N6OPt-3. The summed E-state index contributed by atoms with van der Waals surface area (Å²) in [6.45, 7) is 4.32. The molecule has 4 aromatic heterocycles. The zero-order valence-corrected chi connectivity index (χ0v) is 43.7. The minimum absolute atomic E-state index is 0. The second-order valence-electron chi connectivity index (χ2n) is 19.3. The minimum atomic E-state index is 0. The van der Waals surface area contributed by atoms with Crippen LogP contribution in [0.25, 0.3) is 105 Å². The molecule has 10 aromatic carbocycles. The van der Waals surface area contributed by atoms with Gasteiger partial charge in [-0.15, -0.1) is 41.4 Å². The van der Waals surface area contributed by atoms with Gasteiger partial charge in [-0.2, -0.15) is 18.8 Å². The van der Waals surface area contributed by atoms with E-state index in [-0.39, 0.29) is 21.1 Å². The van der Waals surface area contributed by atoms with E-state index in [0.29, 0.717) is 11.5 Å². The molecule has 0 saturated heterocycles.